The maximum Gasteiger partial charge on any atom is 0.340 e. The predicted octanol–water partition coefficient (Wildman–Crippen LogP) is 1.83. The number of benzene rings is 1. The number of ether oxygens (including phenoxy) is 1. The van der Waals surface area contributed by atoms with Gasteiger partial charge in [-0.2, -0.15) is 0 Å². The largest absolute Gasteiger partial charge is 0.454 e. The molecule has 0 amide bonds. The lowest BCUT2D eigenvalue weighted by molar-refractivity contribution is 0.0474. The van der Waals surface area contributed by atoms with E-state index in [9.17, 15) is 18.0 Å². The van der Waals surface area contributed by atoms with Gasteiger partial charge in [-0.25, -0.2) is 13.2 Å². The predicted molar refractivity (Wildman–Crippen MR) is 95.8 cm³/mol. The first-order chi connectivity index (χ1) is 12.4. The molecule has 0 saturated heterocycles. The van der Waals surface area contributed by atoms with Crippen LogP contribution in [-0.4, -0.2) is 44.1 Å². The van der Waals surface area contributed by atoms with Crippen LogP contribution in [0.1, 0.15) is 33.2 Å². The molecule has 1 aromatic carbocycles. The van der Waals surface area contributed by atoms with E-state index in [1.165, 1.54) is 16.7 Å². The van der Waals surface area contributed by atoms with Crippen molar-refractivity contribution in [2.45, 2.75) is 13.3 Å². The minimum atomic E-state index is -3.32. The Balaban J connectivity index is 1.69. The zero-order valence-electron chi connectivity index (χ0n) is 14.2. The van der Waals surface area contributed by atoms with Gasteiger partial charge in [0.25, 0.3) is 0 Å². The molecule has 0 radical (unpaired) electrons. The van der Waals surface area contributed by atoms with Gasteiger partial charge in [0.15, 0.2) is 12.4 Å². The second-order valence-electron chi connectivity index (χ2n) is 5.81. The Bertz CT molecular complexity index is 941. The molecular formula is C18H18N2O5S. The molecule has 1 aliphatic heterocycles. The van der Waals surface area contributed by atoms with E-state index in [4.69, 9.17) is 4.74 Å². The minimum Gasteiger partial charge on any atom is -0.454 e. The SMILES string of the molecule is CCS(=O)(=O)N1CCc2cc(C(=O)COC(=O)c3cccnc3)ccc21. The van der Waals surface area contributed by atoms with E-state index in [2.05, 4.69) is 4.98 Å². The second kappa shape index (κ2) is 7.25. The Kier molecular flexibility index (Phi) is 5.03. The van der Waals surface area contributed by atoms with Gasteiger partial charge in [0.2, 0.25) is 10.0 Å². The van der Waals surface area contributed by atoms with E-state index in [0.717, 1.165) is 5.56 Å². The summed E-state index contributed by atoms with van der Waals surface area (Å²) in [6.07, 6.45) is 3.45. The fraction of sp³-hybridized carbons (Fsp3) is 0.278. The van der Waals surface area contributed by atoms with E-state index < -0.39 is 16.0 Å². The summed E-state index contributed by atoms with van der Waals surface area (Å²) in [7, 11) is -3.32. The van der Waals surface area contributed by atoms with Crippen LogP contribution >= 0.6 is 0 Å². The van der Waals surface area contributed by atoms with E-state index in [0.29, 0.717) is 24.2 Å². The molecule has 0 fully saturated rings. The van der Waals surface area contributed by atoms with Crippen LogP contribution in [0.15, 0.2) is 42.7 Å². The summed E-state index contributed by atoms with van der Waals surface area (Å²) in [6, 6.07) is 8.02. The van der Waals surface area contributed by atoms with Crippen molar-refractivity contribution in [3.05, 3.63) is 59.4 Å². The van der Waals surface area contributed by atoms with Crippen LogP contribution < -0.4 is 4.31 Å². The maximum atomic E-state index is 12.3. The van der Waals surface area contributed by atoms with Gasteiger partial charge >= 0.3 is 5.97 Å². The number of carbonyl (C=O) groups is 2. The number of aromatic nitrogens is 1. The molecule has 3 rings (SSSR count). The number of ketones is 1. The third kappa shape index (κ3) is 3.60. The number of esters is 1. The first-order valence-electron chi connectivity index (χ1n) is 8.16. The highest BCUT2D eigenvalue weighted by atomic mass is 32.2. The Morgan fingerprint density at radius 2 is 2.04 bits per heavy atom. The van der Waals surface area contributed by atoms with Gasteiger partial charge < -0.3 is 4.74 Å². The van der Waals surface area contributed by atoms with Gasteiger partial charge in [0, 0.05) is 24.5 Å². The van der Waals surface area contributed by atoms with E-state index in [1.807, 2.05) is 0 Å². The lowest BCUT2D eigenvalue weighted by atomic mass is 10.1. The molecular weight excluding hydrogens is 356 g/mol. The first-order valence-corrected chi connectivity index (χ1v) is 9.77. The Morgan fingerprint density at radius 1 is 1.23 bits per heavy atom. The Morgan fingerprint density at radius 3 is 2.73 bits per heavy atom. The topological polar surface area (TPSA) is 93.6 Å². The third-order valence-corrected chi connectivity index (χ3v) is 5.97. The Labute approximate surface area is 151 Å². The van der Waals surface area contributed by atoms with Gasteiger partial charge in [0.05, 0.1) is 17.0 Å². The summed E-state index contributed by atoms with van der Waals surface area (Å²) in [5.41, 5.74) is 2.07. The minimum absolute atomic E-state index is 0.0252. The normalized spacial score (nSPS) is 13.3. The molecule has 0 saturated carbocycles. The summed E-state index contributed by atoms with van der Waals surface area (Å²) in [5, 5.41) is 0. The number of pyridine rings is 1. The highest BCUT2D eigenvalue weighted by molar-refractivity contribution is 7.92. The molecule has 0 N–H and O–H groups in total. The lowest BCUT2D eigenvalue weighted by Crippen LogP contribution is -2.30. The number of hydrogen-bond acceptors (Lipinski definition) is 6. The molecule has 0 atom stereocenters. The third-order valence-electron chi connectivity index (χ3n) is 4.19. The average molecular weight is 374 g/mol. The van der Waals surface area contributed by atoms with Crippen LogP contribution in [0.5, 0.6) is 0 Å². The van der Waals surface area contributed by atoms with Gasteiger partial charge in [-0.1, -0.05) is 0 Å². The molecule has 136 valence electrons. The smallest absolute Gasteiger partial charge is 0.340 e. The van der Waals surface area contributed by atoms with Crippen molar-refractivity contribution in [3.63, 3.8) is 0 Å². The standard InChI is InChI=1S/C18H18N2O5S/c1-2-26(23,24)20-9-7-13-10-14(5-6-16(13)20)17(21)12-25-18(22)15-4-3-8-19-11-15/h3-6,8,10-11H,2,7,9,12H2,1H3. The van der Waals surface area contributed by atoms with Crippen LogP contribution in [-0.2, 0) is 21.2 Å². The van der Waals surface area contributed by atoms with Crippen molar-refractivity contribution in [1.82, 2.24) is 4.98 Å². The van der Waals surface area contributed by atoms with Gasteiger partial charge in [-0.05, 0) is 49.2 Å². The fourth-order valence-corrected chi connectivity index (χ4v) is 3.93. The molecule has 0 bridgehead atoms. The molecule has 0 unspecified atom stereocenters. The van der Waals surface area contributed by atoms with Crippen molar-refractivity contribution < 1.29 is 22.7 Å². The van der Waals surface area contributed by atoms with Crippen LogP contribution in [0.2, 0.25) is 0 Å². The summed E-state index contributed by atoms with van der Waals surface area (Å²) in [6.45, 7) is 1.59. The van der Waals surface area contributed by atoms with Crippen LogP contribution in [0.25, 0.3) is 0 Å². The quantitative estimate of drug-likeness (QED) is 0.566. The number of rotatable bonds is 6. The molecule has 0 spiro atoms. The van der Waals surface area contributed by atoms with Crippen LogP contribution in [0.4, 0.5) is 5.69 Å². The van der Waals surface area contributed by atoms with Crippen molar-refractivity contribution in [2.75, 3.05) is 23.2 Å². The average Bonchev–Trinajstić information content (AvgIpc) is 3.10. The summed E-state index contributed by atoms with van der Waals surface area (Å²) in [5.74, 6) is -0.938. The van der Waals surface area contributed by atoms with Gasteiger partial charge in [-0.15, -0.1) is 0 Å². The molecule has 7 nitrogen and oxygen atoms in total. The molecule has 2 aromatic rings. The van der Waals surface area contributed by atoms with Gasteiger partial charge in [0.1, 0.15) is 0 Å². The maximum absolute atomic E-state index is 12.3. The number of nitrogens with zero attached hydrogens (tertiary/aromatic N) is 2. The molecule has 2 heterocycles. The highest BCUT2D eigenvalue weighted by Gasteiger charge is 2.28. The van der Waals surface area contributed by atoms with Crippen molar-refractivity contribution in [2.24, 2.45) is 0 Å². The van der Waals surface area contributed by atoms with Crippen molar-refractivity contribution in [3.8, 4) is 0 Å². The summed E-state index contributed by atoms with van der Waals surface area (Å²) >= 11 is 0. The fourth-order valence-electron chi connectivity index (χ4n) is 2.77. The molecule has 8 heteroatoms. The van der Waals surface area contributed by atoms with E-state index in [1.54, 1.807) is 37.3 Å². The van der Waals surface area contributed by atoms with Crippen molar-refractivity contribution >= 4 is 27.5 Å². The lowest BCUT2D eigenvalue weighted by Gasteiger charge is -2.18. The van der Waals surface area contributed by atoms with Crippen molar-refractivity contribution in [1.29, 1.82) is 0 Å². The van der Waals surface area contributed by atoms with Gasteiger partial charge in [-0.3, -0.25) is 14.1 Å². The van der Waals surface area contributed by atoms with E-state index in [-0.39, 0.29) is 23.7 Å². The first kappa shape index (κ1) is 18.1. The van der Waals surface area contributed by atoms with Crippen LogP contribution in [0, 0.1) is 0 Å². The number of fused-ring (bicyclic) bond motifs is 1. The monoisotopic (exact) mass is 374 g/mol. The Hall–Kier alpha value is -2.74. The zero-order valence-corrected chi connectivity index (χ0v) is 15.0. The molecule has 26 heavy (non-hydrogen) atoms. The summed E-state index contributed by atoms with van der Waals surface area (Å²) < 4.78 is 30.6. The number of sulfonamides is 1. The number of anilines is 1. The highest BCUT2D eigenvalue weighted by Crippen LogP contribution is 2.31. The van der Waals surface area contributed by atoms with Crippen LogP contribution in [0.3, 0.4) is 0 Å². The molecule has 1 aromatic heterocycles. The zero-order chi connectivity index (χ0) is 18.7. The summed E-state index contributed by atoms with van der Waals surface area (Å²) in [4.78, 5) is 28.0. The second-order valence-corrected chi connectivity index (χ2v) is 7.99. The number of carbonyl (C=O) groups excluding carboxylic acids is 2. The molecule has 1 aliphatic rings. The number of hydrogen-bond donors (Lipinski definition) is 0. The molecule has 0 aliphatic carbocycles. The van der Waals surface area contributed by atoms with E-state index >= 15 is 0 Å². The number of Topliss-reactive ketones (excluding diaryl/α,β-unsaturated/α-hetero) is 1.